The van der Waals surface area contributed by atoms with Crippen LogP contribution in [0.3, 0.4) is 0 Å². The number of aromatic nitrogens is 1. The topological polar surface area (TPSA) is 28.7 Å². The van der Waals surface area contributed by atoms with E-state index >= 15 is 0 Å². The molecule has 0 aliphatic carbocycles. The summed E-state index contributed by atoms with van der Waals surface area (Å²) in [5.74, 6) is 0. The van der Waals surface area contributed by atoms with E-state index in [1.165, 1.54) is 6.08 Å². The third kappa shape index (κ3) is 1.79. The van der Waals surface area contributed by atoms with E-state index in [1.807, 2.05) is 41.2 Å². The summed E-state index contributed by atoms with van der Waals surface area (Å²) in [4.78, 5) is 0. The first-order chi connectivity index (χ1) is 4.93. The van der Waals surface area contributed by atoms with Gasteiger partial charge in [0.2, 0.25) is 0 Å². The van der Waals surface area contributed by atoms with Crippen LogP contribution in [0.5, 0.6) is 0 Å². The third-order valence-electron chi connectivity index (χ3n) is 1.17. The molecule has 1 aromatic heterocycles. The molecule has 0 amide bonds. The molecule has 0 spiro atoms. The van der Waals surface area contributed by atoms with Gasteiger partial charge in [-0.25, -0.2) is 0 Å². The van der Waals surface area contributed by atoms with Crippen molar-refractivity contribution >= 4 is 0 Å². The molecule has 1 heterocycles. The first kappa shape index (κ1) is 6.63. The normalized spacial score (nSPS) is 9.90. The number of hydrogen-bond donors (Lipinski definition) is 0. The second-order valence-electron chi connectivity index (χ2n) is 1.91. The van der Waals surface area contributed by atoms with Crippen molar-refractivity contribution < 1.29 is 0 Å². The molecule has 0 aromatic carbocycles. The maximum absolute atomic E-state index is 8.15. The highest BCUT2D eigenvalue weighted by Crippen LogP contribution is 1.89. The molecule has 1 rings (SSSR count). The molecule has 2 nitrogen and oxygen atoms in total. The molecule has 0 unspecified atom stereocenters. The second-order valence-corrected chi connectivity index (χ2v) is 1.91. The largest absolute Gasteiger partial charge is 0.350 e. The SMILES string of the molecule is N#CC=CCn1cccc1. The number of hydrogen-bond acceptors (Lipinski definition) is 1. The van der Waals surface area contributed by atoms with Crippen LogP contribution in [-0.4, -0.2) is 4.57 Å². The van der Waals surface area contributed by atoms with Gasteiger partial charge in [0.1, 0.15) is 0 Å². The summed E-state index contributed by atoms with van der Waals surface area (Å²) >= 11 is 0. The van der Waals surface area contributed by atoms with Gasteiger partial charge in [0.25, 0.3) is 0 Å². The summed E-state index contributed by atoms with van der Waals surface area (Å²) in [7, 11) is 0. The lowest BCUT2D eigenvalue weighted by Crippen LogP contribution is -1.88. The van der Waals surface area contributed by atoms with Crippen molar-refractivity contribution in [1.29, 1.82) is 5.26 Å². The summed E-state index contributed by atoms with van der Waals surface area (Å²) in [6.45, 7) is 0.778. The van der Waals surface area contributed by atoms with Gasteiger partial charge in [0.05, 0.1) is 6.07 Å². The maximum atomic E-state index is 8.15. The zero-order valence-electron chi connectivity index (χ0n) is 5.57. The lowest BCUT2D eigenvalue weighted by Gasteiger charge is -1.92. The molecule has 0 N–H and O–H groups in total. The summed E-state index contributed by atoms with van der Waals surface area (Å²) < 4.78 is 1.99. The van der Waals surface area contributed by atoms with Crippen molar-refractivity contribution in [3.63, 3.8) is 0 Å². The van der Waals surface area contributed by atoms with Gasteiger partial charge in [0.15, 0.2) is 0 Å². The van der Waals surface area contributed by atoms with Crippen LogP contribution >= 0.6 is 0 Å². The molecule has 0 atom stereocenters. The Balaban J connectivity index is 2.43. The summed E-state index contributed by atoms with van der Waals surface area (Å²) in [6, 6.07) is 5.85. The smallest absolute Gasteiger partial charge is 0.0909 e. The van der Waals surface area contributed by atoms with Crippen LogP contribution in [0.1, 0.15) is 0 Å². The Labute approximate surface area is 60.0 Å². The summed E-state index contributed by atoms with van der Waals surface area (Å²) in [5, 5.41) is 8.15. The summed E-state index contributed by atoms with van der Waals surface area (Å²) in [6.07, 6.45) is 7.23. The van der Waals surface area contributed by atoms with Gasteiger partial charge in [-0.3, -0.25) is 0 Å². The van der Waals surface area contributed by atoms with E-state index in [9.17, 15) is 0 Å². The third-order valence-corrected chi connectivity index (χ3v) is 1.17. The van der Waals surface area contributed by atoms with Crippen molar-refractivity contribution in [2.45, 2.75) is 6.54 Å². The Morgan fingerprint density at radius 2 is 2.10 bits per heavy atom. The van der Waals surface area contributed by atoms with Crippen LogP contribution in [0.2, 0.25) is 0 Å². The van der Waals surface area contributed by atoms with E-state index < -0.39 is 0 Å². The Kier molecular flexibility index (Phi) is 2.33. The molecule has 0 fully saturated rings. The van der Waals surface area contributed by atoms with Gasteiger partial charge in [-0.1, -0.05) is 6.08 Å². The lowest BCUT2D eigenvalue weighted by atomic mass is 10.5. The number of rotatable bonds is 2. The highest BCUT2D eigenvalue weighted by Gasteiger charge is 1.80. The van der Waals surface area contributed by atoms with Crippen LogP contribution in [-0.2, 0) is 6.54 Å². The fourth-order valence-electron chi connectivity index (χ4n) is 0.719. The highest BCUT2D eigenvalue weighted by molar-refractivity contribution is 5.02. The van der Waals surface area contributed by atoms with Crippen LogP contribution in [0, 0.1) is 11.3 Å². The van der Waals surface area contributed by atoms with E-state index in [0.29, 0.717) is 0 Å². The lowest BCUT2D eigenvalue weighted by molar-refractivity contribution is 0.830. The zero-order valence-corrected chi connectivity index (χ0v) is 5.57. The minimum absolute atomic E-state index is 0.778. The zero-order chi connectivity index (χ0) is 7.23. The number of nitriles is 1. The van der Waals surface area contributed by atoms with Gasteiger partial charge in [-0.15, -0.1) is 0 Å². The predicted octanol–water partition coefficient (Wildman–Crippen LogP) is 1.57. The van der Waals surface area contributed by atoms with E-state index in [4.69, 9.17) is 5.26 Å². The van der Waals surface area contributed by atoms with E-state index in [-0.39, 0.29) is 0 Å². The average molecular weight is 132 g/mol. The second kappa shape index (κ2) is 3.52. The van der Waals surface area contributed by atoms with E-state index in [1.54, 1.807) is 0 Å². The number of allylic oxidation sites excluding steroid dienone is 2. The molecule has 0 saturated heterocycles. The molecule has 0 bridgehead atoms. The van der Waals surface area contributed by atoms with Crippen LogP contribution in [0.15, 0.2) is 36.7 Å². The first-order valence-electron chi connectivity index (χ1n) is 3.09. The molecule has 0 radical (unpaired) electrons. The predicted molar refractivity (Wildman–Crippen MR) is 39.2 cm³/mol. The average Bonchev–Trinajstić information content (AvgIpc) is 2.41. The van der Waals surface area contributed by atoms with E-state index in [0.717, 1.165) is 6.54 Å². The quantitative estimate of drug-likeness (QED) is 0.561. The number of nitrogens with zero attached hydrogens (tertiary/aromatic N) is 2. The highest BCUT2D eigenvalue weighted by atomic mass is 14.9. The van der Waals surface area contributed by atoms with Gasteiger partial charge in [0, 0.05) is 25.0 Å². The van der Waals surface area contributed by atoms with Gasteiger partial charge in [-0.2, -0.15) is 5.26 Å². The fraction of sp³-hybridized carbons (Fsp3) is 0.125. The van der Waals surface area contributed by atoms with Gasteiger partial charge < -0.3 is 4.57 Å². The molecular weight excluding hydrogens is 124 g/mol. The maximum Gasteiger partial charge on any atom is 0.0909 e. The van der Waals surface area contributed by atoms with Crippen LogP contribution in [0.4, 0.5) is 0 Å². The van der Waals surface area contributed by atoms with Crippen molar-refractivity contribution in [2.75, 3.05) is 0 Å². The van der Waals surface area contributed by atoms with Crippen molar-refractivity contribution in [3.8, 4) is 6.07 Å². The van der Waals surface area contributed by atoms with Gasteiger partial charge >= 0.3 is 0 Å². The minimum atomic E-state index is 0.778. The molecule has 2 heteroatoms. The van der Waals surface area contributed by atoms with Crippen LogP contribution in [0.25, 0.3) is 0 Å². The van der Waals surface area contributed by atoms with Crippen molar-refractivity contribution in [1.82, 2.24) is 4.57 Å². The molecule has 1 aromatic rings. The van der Waals surface area contributed by atoms with Crippen molar-refractivity contribution in [3.05, 3.63) is 36.7 Å². The molecular formula is C8H8N2. The first-order valence-corrected chi connectivity index (χ1v) is 3.09. The Hall–Kier alpha value is -1.49. The molecule has 0 saturated carbocycles. The van der Waals surface area contributed by atoms with Crippen LogP contribution < -0.4 is 0 Å². The fourth-order valence-corrected chi connectivity index (χ4v) is 0.719. The Bertz CT molecular complexity index is 239. The minimum Gasteiger partial charge on any atom is -0.350 e. The summed E-state index contributed by atoms with van der Waals surface area (Å²) in [5.41, 5.74) is 0. The van der Waals surface area contributed by atoms with Gasteiger partial charge in [-0.05, 0) is 12.1 Å². The molecule has 0 aliphatic heterocycles. The molecule has 0 aliphatic rings. The molecule has 50 valence electrons. The molecule has 10 heavy (non-hydrogen) atoms. The Morgan fingerprint density at radius 3 is 2.70 bits per heavy atom. The Morgan fingerprint density at radius 1 is 1.40 bits per heavy atom. The standard InChI is InChI=1S/C8H8N2/c9-5-1-2-6-10-7-3-4-8-10/h1-4,7-8H,6H2. The van der Waals surface area contributed by atoms with Crippen molar-refractivity contribution in [2.24, 2.45) is 0 Å². The van der Waals surface area contributed by atoms with E-state index in [2.05, 4.69) is 0 Å². The monoisotopic (exact) mass is 132 g/mol.